The normalized spacial score (nSPS) is 18.6. The Morgan fingerprint density at radius 1 is 1.41 bits per heavy atom. The SMILES string of the molecule is CC(=O)NCC1CCCN(C(=O)c2ccc(C)n2C(F)F)C1. The van der Waals surface area contributed by atoms with Gasteiger partial charge < -0.3 is 10.2 Å². The Bertz CT molecular complexity index is 557. The maximum absolute atomic E-state index is 13.1. The molecule has 1 fully saturated rings. The molecule has 122 valence electrons. The summed E-state index contributed by atoms with van der Waals surface area (Å²) in [5.41, 5.74) is 0.387. The number of hydrogen-bond donors (Lipinski definition) is 1. The van der Waals surface area contributed by atoms with Crippen LogP contribution < -0.4 is 5.32 Å². The van der Waals surface area contributed by atoms with Crippen molar-refractivity contribution in [1.29, 1.82) is 0 Å². The van der Waals surface area contributed by atoms with E-state index in [1.165, 1.54) is 19.1 Å². The fourth-order valence-electron chi connectivity index (χ4n) is 2.85. The molecule has 0 spiro atoms. The number of amides is 2. The molecule has 1 aromatic heterocycles. The molecule has 1 aliphatic heterocycles. The first-order valence-electron chi connectivity index (χ1n) is 7.40. The lowest BCUT2D eigenvalue weighted by molar-refractivity contribution is -0.119. The summed E-state index contributed by atoms with van der Waals surface area (Å²) >= 11 is 0. The Balaban J connectivity index is 2.07. The number of carbonyl (C=O) groups is 2. The number of piperidine rings is 1. The highest BCUT2D eigenvalue weighted by Gasteiger charge is 2.28. The molecule has 0 aliphatic carbocycles. The van der Waals surface area contributed by atoms with E-state index in [-0.39, 0.29) is 23.4 Å². The van der Waals surface area contributed by atoms with Crippen molar-refractivity contribution in [2.75, 3.05) is 19.6 Å². The van der Waals surface area contributed by atoms with E-state index in [9.17, 15) is 18.4 Å². The summed E-state index contributed by atoms with van der Waals surface area (Å²) in [6.07, 6.45) is 1.73. The maximum atomic E-state index is 13.1. The second kappa shape index (κ2) is 6.89. The minimum absolute atomic E-state index is 0.0210. The van der Waals surface area contributed by atoms with Crippen molar-refractivity contribution >= 4 is 11.8 Å². The number of aromatic nitrogens is 1. The average molecular weight is 313 g/mol. The van der Waals surface area contributed by atoms with Crippen LogP contribution in [-0.2, 0) is 4.79 Å². The van der Waals surface area contributed by atoms with Crippen molar-refractivity contribution in [3.05, 3.63) is 23.5 Å². The Morgan fingerprint density at radius 2 is 2.14 bits per heavy atom. The Kier molecular flexibility index (Phi) is 5.15. The molecule has 7 heteroatoms. The van der Waals surface area contributed by atoms with Gasteiger partial charge in [-0.25, -0.2) is 0 Å². The van der Waals surface area contributed by atoms with E-state index in [0.29, 0.717) is 25.3 Å². The first-order chi connectivity index (χ1) is 10.4. The summed E-state index contributed by atoms with van der Waals surface area (Å²) in [7, 11) is 0. The van der Waals surface area contributed by atoms with Crippen LogP contribution >= 0.6 is 0 Å². The highest BCUT2D eigenvalue weighted by Crippen LogP contribution is 2.23. The zero-order valence-electron chi connectivity index (χ0n) is 12.8. The Morgan fingerprint density at radius 3 is 2.77 bits per heavy atom. The standard InChI is InChI=1S/C15H21F2N3O2/c1-10-5-6-13(20(10)15(16)17)14(22)19-7-3-4-12(9-19)8-18-11(2)21/h5-6,12,15H,3-4,7-9H2,1-2H3,(H,18,21). The zero-order chi connectivity index (χ0) is 16.3. The van der Waals surface area contributed by atoms with Crippen molar-refractivity contribution in [2.45, 2.75) is 33.2 Å². The number of nitrogens with one attached hydrogen (secondary N) is 1. The molecule has 1 saturated heterocycles. The lowest BCUT2D eigenvalue weighted by Crippen LogP contribution is -2.44. The van der Waals surface area contributed by atoms with Crippen LogP contribution in [0.4, 0.5) is 8.78 Å². The largest absolute Gasteiger partial charge is 0.356 e. The van der Waals surface area contributed by atoms with Crippen LogP contribution in [0, 0.1) is 12.8 Å². The van der Waals surface area contributed by atoms with Gasteiger partial charge in [0.25, 0.3) is 5.91 Å². The van der Waals surface area contributed by atoms with Crippen LogP contribution in [0.3, 0.4) is 0 Å². The van der Waals surface area contributed by atoms with Crippen molar-refractivity contribution in [3.63, 3.8) is 0 Å². The summed E-state index contributed by atoms with van der Waals surface area (Å²) in [6.45, 7) is 1.82. The van der Waals surface area contributed by atoms with Crippen LogP contribution in [-0.4, -0.2) is 40.9 Å². The molecule has 0 aromatic carbocycles. The van der Waals surface area contributed by atoms with Crippen molar-refractivity contribution < 1.29 is 18.4 Å². The molecule has 2 amide bonds. The third kappa shape index (κ3) is 3.64. The highest BCUT2D eigenvalue weighted by molar-refractivity contribution is 5.93. The zero-order valence-corrected chi connectivity index (χ0v) is 12.8. The number of hydrogen-bond acceptors (Lipinski definition) is 2. The number of carbonyl (C=O) groups excluding carboxylic acids is 2. The summed E-state index contributed by atoms with van der Waals surface area (Å²) in [5.74, 6) is -0.316. The highest BCUT2D eigenvalue weighted by atomic mass is 19.3. The van der Waals surface area contributed by atoms with Gasteiger partial charge in [-0.1, -0.05) is 0 Å². The number of nitrogens with zero attached hydrogens (tertiary/aromatic N) is 2. The Hall–Kier alpha value is -1.92. The molecule has 1 N–H and O–H groups in total. The quantitative estimate of drug-likeness (QED) is 0.926. The molecule has 0 saturated carbocycles. The molecule has 1 aliphatic rings. The smallest absolute Gasteiger partial charge is 0.319 e. The molecule has 0 bridgehead atoms. The van der Waals surface area contributed by atoms with Gasteiger partial charge in [-0.05, 0) is 37.8 Å². The third-order valence-electron chi connectivity index (χ3n) is 3.98. The average Bonchev–Trinajstić information content (AvgIpc) is 2.86. The fourth-order valence-corrected chi connectivity index (χ4v) is 2.85. The number of likely N-dealkylation sites (tertiary alicyclic amines) is 1. The van der Waals surface area contributed by atoms with Gasteiger partial charge >= 0.3 is 6.55 Å². The molecule has 2 rings (SSSR count). The molecule has 0 radical (unpaired) electrons. The molecule has 2 heterocycles. The number of halogens is 2. The van der Waals surface area contributed by atoms with Crippen LogP contribution in [0.2, 0.25) is 0 Å². The molecule has 22 heavy (non-hydrogen) atoms. The molecule has 5 nitrogen and oxygen atoms in total. The van der Waals surface area contributed by atoms with Crippen LogP contribution in [0.15, 0.2) is 12.1 Å². The van der Waals surface area contributed by atoms with E-state index >= 15 is 0 Å². The van der Waals surface area contributed by atoms with E-state index in [1.54, 1.807) is 11.8 Å². The minimum atomic E-state index is -2.73. The third-order valence-corrected chi connectivity index (χ3v) is 3.98. The molecular weight excluding hydrogens is 292 g/mol. The number of rotatable bonds is 4. The van der Waals surface area contributed by atoms with Crippen molar-refractivity contribution in [3.8, 4) is 0 Å². The van der Waals surface area contributed by atoms with Gasteiger partial charge in [-0.15, -0.1) is 0 Å². The summed E-state index contributed by atoms with van der Waals surface area (Å²) < 4.78 is 26.9. The van der Waals surface area contributed by atoms with E-state index < -0.39 is 6.55 Å². The Labute approximate surface area is 128 Å². The van der Waals surface area contributed by atoms with Crippen LogP contribution in [0.25, 0.3) is 0 Å². The summed E-state index contributed by atoms with van der Waals surface area (Å²) in [5, 5.41) is 2.75. The summed E-state index contributed by atoms with van der Waals surface area (Å²) in [6, 6.07) is 2.97. The lowest BCUT2D eigenvalue weighted by atomic mass is 9.97. The second-order valence-electron chi connectivity index (χ2n) is 5.70. The minimum Gasteiger partial charge on any atom is -0.356 e. The topological polar surface area (TPSA) is 54.3 Å². The van der Waals surface area contributed by atoms with Gasteiger partial charge in [-0.3, -0.25) is 14.2 Å². The van der Waals surface area contributed by atoms with Crippen LogP contribution in [0.1, 0.15) is 42.5 Å². The van der Waals surface area contributed by atoms with Crippen molar-refractivity contribution in [2.24, 2.45) is 5.92 Å². The fraction of sp³-hybridized carbons (Fsp3) is 0.600. The van der Waals surface area contributed by atoms with Gasteiger partial charge in [-0.2, -0.15) is 8.78 Å². The summed E-state index contributed by atoms with van der Waals surface area (Å²) in [4.78, 5) is 25.1. The van der Waals surface area contributed by atoms with Crippen molar-refractivity contribution in [1.82, 2.24) is 14.8 Å². The number of alkyl halides is 2. The van der Waals surface area contributed by atoms with Gasteiger partial charge in [0, 0.05) is 32.3 Å². The molecule has 1 atom stereocenters. The predicted molar refractivity (Wildman–Crippen MR) is 77.7 cm³/mol. The van der Waals surface area contributed by atoms with Gasteiger partial charge in [0.15, 0.2) is 0 Å². The van der Waals surface area contributed by atoms with E-state index in [1.807, 2.05) is 0 Å². The second-order valence-corrected chi connectivity index (χ2v) is 5.70. The first kappa shape index (κ1) is 16.5. The van der Waals surface area contributed by atoms with E-state index in [0.717, 1.165) is 17.4 Å². The van der Waals surface area contributed by atoms with Crippen LogP contribution in [0.5, 0.6) is 0 Å². The van der Waals surface area contributed by atoms with Gasteiger partial charge in [0.05, 0.1) is 0 Å². The molecule has 1 aromatic rings. The van der Waals surface area contributed by atoms with E-state index in [4.69, 9.17) is 0 Å². The first-order valence-corrected chi connectivity index (χ1v) is 7.40. The van der Waals surface area contributed by atoms with Gasteiger partial charge in [0.1, 0.15) is 5.69 Å². The van der Waals surface area contributed by atoms with E-state index in [2.05, 4.69) is 5.32 Å². The van der Waals surface area contributed by atoms with Gasteiger partial charge in [0.2, 0.25) is 5.91 Å². The number of aryl methyl sites for hydroxylation is 1. The lowest BCUT2D eigenvalue weighted by Gasteiger charge is -2.33. The molecular formula is C15H21F2N3O2. The predicted octanol–water partition coefficient (Wildman–Crippen LogP) is 2.18. The monoisotopic (exact) mass is 313 g/mol. The molecule has 1 unspecified atom stereocenters. The maximum Gasteiger partial charge on any atom is 0.319 e.